The first-order chi connectivity index (χ1) is 7.89. The molecule has 1 atom stereocenters. The molecule has 0 spiro atoms. The molecule has 17 heavy (non-hydrogen) atoms. The summed E-state index contributed by atoms with van der Waals surface area (Å²) in [5.41, 5.74) is 4.35. The molecule has 94 valence electrons. The molecule has 0 aromatic carbocycles. The van der Waals surface area contributed by atoms with Crippen molar-refractivity contribution in [2.45, 2.75) is 18.9 Å². The Morgan fingerprint density at radius 2 is 2.12 bits per heavy atom. The lowest BCUT2D eigenvalue weighted by atomic mass is 10.2. The van der Waals surface area contributed by atoms with E-state index in [1.165, 1.54) is 0 Å². The first kappa shape index (κ1) is 11.9. The van der Waals surface area contributed by atoms with Crippen LogP contribution in [0.1, 0.15) is 18.9 Å². The van der Waals surface area contributed by atoms with Gasteiger partial charge in [-0.2, -0.15) is 0 Å². The minimum atomic E-state index is -3.13. The molecule has 1 aliphatic heterocycles. The number of rotatable bonds is 1. The molecule has 0 aliphatic carbocycles. The molecule has 1 aromatic rings. The van der Waals surface area contributed by atoms with Crippen LogP contribution in [0.2, 0.25) is 0 Å². The maximum Gasteiger partial charge on any atom is 0.330 e. The maximum atomic E-state index is 11.6. The highest BCUT2D eigenvalue weighted by molar-refractivity contribution is 7.91. The van der Waals surface area contributed by atoms with Gasteiger partial charge in [-0.25, -0.2) is 13.2 Å². The summed E-state index contributed by atoms with van der Waals surface area (Å²) in [5.74, 6) is 0.0332. The van der Waals surface area contributed by atoms with Crippen LogP contribution in [-0.4, -0.2) is 29.5 Å². The second-order valence-electron chi connectivity index (χ2n) is 4.14. The van der Waals surface area contributed by atoms with Crippen molar-refractivity contribution >= 4 is 15.7 Å². The number of nitrogen functional groups attached to an aromatic ring is 1. The number of aromatic amines is 1. The van der Waals surface area contributed by atoms with Crippen LogP contribution in [0.4, 0.5) is 5.82 Å². The summed E-state index contributed by atoms with van der Waals surface area (Å²) in [6, 6.07) is 0.598. The third kappa shape index (κ3) is 2.41. The van der Waals surface area contributed by atoms with Crippen LogP contribution in [0.25, 0.3) is 0 Å². The fourth-order valence-electron chi connectivity index (χ4n) is 2.10. The summed E-state index contributed by atoms with van der Waals surface area (Å²) < 4.78 is 24.1. The van der Waals surface area contributed by atoms with E-state index in [4.69, 9.17) is 5.73 Å². The van der Waals surface area contributed by atoms with Gasteiger partial charge in [-0.05, 0) is 12.8 Å². The summed E-state index contributed by atoms with van der Waals surface area (Å²) in [7, 11) is -3.13. The molecule has 8 heteroatoms. The highest BCUT2D eigenvalue weighted by Gasteiger charge is 2.27. The van der Waals surface area contributed by atoms with E-state index >= 15 is 0 Å². The second kappa shape index (κ2) is 4.02. The topological polar surface area (TPSA) is 115 Å². The van der Waals surface area contributed by atoms with Gasteiger partial charge in [-0.3, -0.25) is 14.3 Å². The van der Waals surface area contributed by atoms with Crippen molar-refractivity contribution < 1.29 is 8.42 Å². The molecule has 0 radical (unpaired) electrons. The Kier molecular flexibility index (Phi) is 2.82. The van der Waals surface area contributed by atoms with Crippen molar-refractivity contribution in [2.24, 2.45) is 0 Å². The van der Waals surface area contributed by atoms with Crippen molar-refractivity contribution in [1.82, 2.24) is 9.55 Å². The van der Waals surface area contributed by atoms with Gasteiger partial charge in [0.15, 0.2) is 9.84 Å². The number of hydrogen-bond donors (Lipinski definition) is 2. The van der Waals surface area contributed by atoms with Crippen LogP contribution in [-0.2, 0) is 9.84 Å². The average molecular weight is 259 g/mol. The molecule has 0 amide bonds. The Morgan fingerprint density at radius 3 is 2.71 bits per heavy atom. The standard InChI is InChI=1S/C9H13N3O4S/c10-7-4-8(13)11-9(14)12(7)6-2-1-3-17(15,16)5-6/h4,6H,1-3,5,10H2,(H,11,13,14). The fourth-order valence-corrected chi connectivity index (χ4v) is 3.78. The summed E-state index contributed by atoms with van der Waals surface area (Å²) >= 11 is 0. The van der Waals surface area contributed by atoms with Gasteiger partial charge in [0, 0.05) is 6.07 Å². The first-order valence-electron chi connectivity index (χ1n) is 5.21. The summed E-state index contributed by atoms with van der Waals surface area (Å²) in [5, 5.41) is 0. The summed E-state index contributed by atoms with van der Waals surface area (Å²) in [6.07, 6.45) is 1.06. The lowest BCUT2D eigenvalue weighted by Crippen LogP contribution is -2.38. The van der Waals surface area contributed by atoms with E-state index in [2.05, 4.69) is 4.98 Å². The molecule has 2 heterocycles. The van der Waals surface area contributed by atoms with Crippen LogP contribution in [0.5, 0.6) is 0 Å². The predicted octanol–water partition coefficient (Wildman–Crippen LogP) is -1.13. The molecule has 1 unspecified atom stereocenters. The Hall–Kier alpha value is -1.57. The van der Waals surface area contributed by atoms with Crippen molar-refractivity contribution in [1.29, 1.82) is 0 Å². The number of anilines is 1. The molecule has 7 nitrogen and oxygen atoms in total. The smallest absolute Gasteiger partial charge is 0.330 e. The molecule has 0 saturated carbocycles. The van der Waals surface area contributed by atoms with E-state index in [0.29, 0.717) is 12.8 Å². The van der Waals surface area contributed by atoms with E-state index in [1.807, 2.05) is 0 Å². The predicted molar refractivity (Wildman–Crippen MR) is 62.7 cm³/mol. The van der Waals surface area contributed by atoms with E-state index < -0.39 is 27.1 Å². The Labute approximate surface area is 97.2 Å². The minimum absolute atomic E-state index is 0.000787. The largest absolute Gasteiger partial charge is 0.385 e. The lowest BCUT2D eigenvalue weighted by Gasteiger charge is -2.24. The molecule has 1 saturated heterocycles. The molecular weight excluding hydrogens is 246 g/mol. The van der Waals surface area contributed by atoms with Gasteiger partial charge in [0.25, 0.3) is 5.56 Å². The molecule has 0 bridgehead atoms. The maximum absolute atomic E-state index is 11.6. The molecule has 1 aliphatic rings. The molecular formula is C9H13N3O4S. The van der Waals surface area contributed by atoms with Crippen LogP contribution >= 0.6 is 0 Å². The Balaban J connectivity index is 2.48. The third-order valence-electron chi connectivity index (χ3n) is 2.81. The molecule has 2 rings (SSSR count). The first-order valence-corrected chi connectivity index (χ1v) is 7.03. The monoisotopic (exact) mass is 259 g/mol. The van der Waals surface area contributed by atoms with Crippen LogP contribution in [0.3, 0.4) is 0 Å². The van der Waals surface area contributed by atoms with Crippen LogP contribution < -0.4 is 17.0 Å². The van der Waals surface area contributed by atoms with Crippen molar-refractivity contribution in [3.63, 3.8) is 0 Å². The number of hydrogen-bond acceptors (Lipinski definition) is 5. The van der Waals surface area contributed by atoms with Crippen LogP contribution in [0, 0.1) is 0 Å². The van der Waals surface area contributed by atoms with Gasteiger partial charge in [0.05, 0.1) is 17.5 Å². The number of H-pyrrole nitrogens is 1. The number of sulfone groups is 1. The van der Waals surface area contributed by atoms with Gasteiger partial charge in [-0.1, -0.05) is 0 Å². The number of nitrogens with zero attached hydrogens (tertiary/aromatic N) is 1. The molecule has 1 fully saturated rings. The quantitative estimate of drug-likeness (QED) is 0.662. The zero-order valence-corrected chi connectivity index (χ0v) is 9.87. The molecule has 3 N–H and O–H groups in total. The van der Waals surface area contributed by atoms with Crippen molar-refractivity contribution in [2.75, 3.05) is 17.2 Å². The summed E-state index contributed by atoms with van der Waals surface area (Å²) in [6.45, 7) is 0. The minimum Gasteiger partial charge on any atom is -0.385 e. The van der Waals surface area contributed by atoms with Gasteiger partial charge in [-0.15, -0.1) is 0 Å². The lowest BCUT2D eigenvalue weighted by molar-refractivity contribution is 0.458. The zero-order valence-electron chi connectivity index (χ0n) is 9.05. The Morgan fingerprint density at radius 1 is 1.41 bits per heavy atom. The third-order valence-corrected chi connectivity index (χ3v) is 4.61. The SMILES string of the molecule is Nc1cc(=O)[nH]c(=O)n1C1CCCS(=O)(=O)C1. The van der Waals surface area contributed by atoms with E-state index in [-0.39, 0.29) is 17.3 Å². The fraction of sp³-hybridized carbons (Fsp3) is 0.556. The highest BCUT2D eigenvalue weighted by atomic mass is 32.2. The zero-order chi connectivity index (χ0) is 12.6. The van der Waals surface area contributed by atoms with Gasteiger partial charge in [0.2, 0.25) is 0 Å². The number of nitrogens with two attached hydrogens (primary N) is 1. The van der Waals surface area contributed by atoms with E-state index in [1.54, 1.807) is 0 Å². The molecule has 1 aromatic heterocycles. The van der Waals surface area contributed by atoms with E-state index in [9.17, 15) is 18.0 Å². The van der Waals surface area contributed by atoms with E-state index in [0.717, 1.165) is 10.6 Å². The van der Waals surface area contributed by atoms with Crippen LogP contribution in [0.15, 0.2) is 15.7 Å². The number of nitrogens with one attached hydrogen (secondary N) is 1. The Bertz CT molecular complexity index is 643. The second-order valence-corrected chi connectivity index (χ2v) is 6.37. The van der Waals surface area contributed by atoms with Gasteiger partial charge in [0.1, 0.15) is 5.82 Å². The summed E-state index contributed by atoms with van der Waals surface area (Å²) in [4.78, 5) is 24.7. The van der Waals surface area contributed by atoms with Gasteiger partial charge < -0.3 is 5.73 Å². The van der Waals surface area contributed by atoms with Crippen molar-refractivity contribution in [3.05, 3.63) is 26.9 Å². The number of aromatic nitrogens is 2. The normalized spacial score (nSPS) is 23.4. The van der Waals surface area contributed by atoms with Gasteiger partial charge >= 0.3 is 5.69 Å². The van der Waals surface area contributed by atoms with Crippen molar-refractivity contribution in [3.8, 4) is 0 Å². The average Bonchev–Trinajstić information content (AvgIpc) is 2.13. The highest BCUT2D eigenvalue weighted by Crippen LogP contribution is 2.23.